The zero-order valence-corrected chi connectivity index (χ0v) is 18.9. The first-order valence-electron chi connectivity index (χ1n) is 11.2. The third-order valence-electron chi connectivity index (χ3n) is 7.05. The highest BCUT2D eigenvalue weighted by molar-refractivity contribution is 5.96. The second-order valence-corrected chi connectivity index (χ2v) is 10.9. The van der Waals surface area contributed by atoms with E-state index < -0.39 is 0 Å². The molecule has 30 heavy (non-hydrogen) atoms. The molecule has 3 aliphatic rings. The molecule has 6 heteroatoms. The molecule has 4 rings (SSSR count). The number of carbonyl (C=O) groups is 2. The van der Waals surface area contributed by atoms with E-state index in [0.29, 0.717) is 23.6 Å². The Kier molecular flexibility index (Phi) is 5.66. The number of nitrogens with zero attached hydrogens (tertiary/aromatic N) is 3. The predicted molar refractivity (Wildman–Crippen MR) is 120 cm³/mol. The number of hydrogen-bond acceptors (Lipinski definition) is 4. The molecule has 1 aliphatic carbocycles. The van der Waals surface area contributed by atoms with Crippen LogP contribution in [-0.2, 0) is 4.79 Å². The van der Waals surface area contributed by atoms with Crippen molar-refractivity contribution in [3.8, 4) is 0 Å². The van der Waals surface area contributed by atoms with Gasteiger partial charge in [0, 0.05) is 50.0 Å². The summed E-state index contributed by atoms with van der Waals surface area (Å²) in [5, 5.41) is 2.97. The van der Waals surface area contributed by atoms with Crippen LogP contribution < -0.4 is 5.32 Å². The summed E-state index contributed by atoms with van der Waals surface area (Å²) in [6, 6.07) is 7.74. The molecular formula is C24H36N4O2. The van der Waals surface area contributed by atoms with Crippen molar-refractivity contribution in [2.24, 2.45) is 10.8 Å². The quantitative estimate of drug-likeness (QED) is 0.826. The van der Waals surface area contributed by atoms with Crippen molar-refractivity contribution in [1.82, 2.24) is 14.7 Å². The van der Waals surface area contributed by atoms with Crippen LogP contribution in [0.15, 0.2) is 24.3 Å². The fourth-order valence-corrected chi connectivity index (χ4v) is 5.97. The molecule has 1 N–H and O–H groups in total. The van der Waals surface area contributed by atoms with E-state index >= 15 is 0 Å². The Balaban J connectivity index is 1.34. The maximum absolute atomic E-state index is 13.2. The van der Waals surface area contributed by atoms with Gasteiger partial charge in [0.05, 0.1) is 6.54 Å². The number of piperazine rings is 1. The van der Waals surface area contributed by atoms with Gasteiger partial charge in [-0.1, -0.05) is 20.8 Å². The number of carbonyl (C=O) groups excluding carboxylic acids is 2. The molecule has 3 fully saturated rings. The van der Waals surface area contributed by atoms with E-state index in [0.717, 1.165) is 51.3 Å². The minimum Gasteiger partial charge on any atom is -0.335 e. The lowest BCUT2D eigenvalue weighted by Gasteiger charge is -2.39. The summed E-state index contributed by atoms with van der Waals surface area (Å²) >= 11 is 0. The fraction of sp³-hybridized carbons (Fsp3) is 0.667. The van der Waals surface area contributed by atoms with Gasteiger partial charge in [0.15, 0.2) is 0 Å². The average molecular weight is 413 g/mol. The molecule has 1 saturated carbocycles. The van der Waals surface area contributed by atoms with Gasteiger partial charge in [0.2, 0.25) is 5.91 Å². The third kappa shape index (κ3) is 4.70. The van der Waals surface area contributed by atoms with E-state index in [9.17, 15) is 9.59 Å². The van der Waals surface area contributed by atoms with E-state index in [1.807, 2.05) is 24.3 Å². The molecule has 2 heterocycles. The lowest BCUT2D eigenvalue weighted by Crippen LogP contribution is -2.47. The fourth-order valence-electron chi connectivity index (χ4n) is 5.97. The molecule has 2 unspecified atom stereocenters. The molecule has 2 saturated heterocycles. The Hall–Kier alpha value is -1.92. The predicted octanol–water partition coefficient (Wildman–Crippen LogP) is 2.91. The van der Waals surface area contributed by atoms with E-state index in [1.165, 1.54) is 6.42 Å². The monoisotopic (exact) mass is 412 g/mol. The van der Waals surface area contributed by atoms with E-state index in [4.69, 9.17) is 0 Å². The zero-order valence-electron chi connectivity index (χ0n) is 18.9. The number of amides is 2. The molecule has 0 spiro atoms. The van der Waals surface area contributed by atoms with Crippen molar-refractivity contribution in [2.45, 2.75) is 46.1 Å². The highest BCUT2D eigenvalue weighted by atomic mass is 16.2. The first-order chi connectivity index (χ1) is 14.1. The maximum Gasteiger partial charge on any atom is 0.254 e. The van der Waals surface area contributed by atoms with Crippen molar-refractivity contribution >= 4 is 17.5 Å². The van der Waals surface area contributed by atoms with Crippen LogP contribution in [0, 0.1) is 10.8 Å². The van der Waals surface area contributed by atoms with Crippen LogP contribution in [0.1, 0.15) is 50.4 Å². The molecule has 2 aliphatic heterocycles. The van der Waals surface area contributed by atoms with Crippen molar-refractivity contribution in [3.05, 3.63) is 29.8 Å². The highest BCUT2D eigenvalue weighted by Crippen LogP contribution is 2.52. The van der Waals surface area contributed by atoms with Crippen LogP contribution in [0.25, 0.3) is 0 Å². The number of anilines is 1. The molecule has 1 aromatic carbocycles. The zero-order chi connectivity index (χ0) is 21.5. The summed E-state index contributed by atoms with van der Waals surface area (Å²) in [4.78, 5) is 32.1. The largest absolute Gasteiger partial charge is 0.335 e. The lowest BCUT2D eigenvalue weighted by molar-refractivity contribution is -0.117. The summed E-state index contributed by atoms with van der Waals surface area (Å²) < 4.78 is 0. The number of fused-ring (bicyclic) bond motifs is 2. The highest BCUT2D eigenvalue weighted by Gasteiger charge is 2.51. The van der Waals surface area contributed by atoms with Gasteiger partial charge in [-0.25, -0.2) is 0 Å². The number of likely N-dealkylation sites (tertiary alicyclic amines) is 1. The molecule has 2 amide bonds. The van der Waals surface area contributed by atoms with E-state index in [-0.39, 0.29) is 17.2 Å². The molecular weight excluding hydrogens is 376 g/mol. The molecule has 6 nitrogen and oxygen atoms in total. The van der Waals surface area contributed by atoms with Gasteiger partial charge >= 0.3 is 0 Å². The molecule has 2 atom stereocenters. The van der Waals surface area contributed by atoms with Crippen LogP contribution >= 0.6 is 0 Å². The Morgan fingerprint density at radius 1 is 1.03 bits per heavy atom. The number of likely N-dealkylation sites (N-methyl/N-ethyl adjacent to an activating group) is 1. The summed E-state index contributed by atoms with van der Waals surface area (Å²) in [5.74, 6) is 0.124. The Morgan fingerprint density at radius 3 is 2.37 bits per heavy atom. The molecule has 0 aromatic heterocycles. The summed E-state index contributed by atoms with van der Waals surface area (Å²) in [7, 11) is 2.11. The minimum absolute atomic E-state index is 0.00197. The van der Waals surface area contributed by atoms with Gasteiger partial charge in [0.1, 0.15) is 0 Å². The summed E-state index contributed by atoms with van der Waals surface area (Å²) in [6.45, 7) is 12.1. The van der Waals surface area contributed by atoms with Crippen LogP contribution in [0.5, 0.6) is 0 Å². The second-order valence-electron chi connectivity index (χ2n) is 10.9. The molecule has 0 radical (unpaired) electrons. The number of hydrogen-bond donors (Lipinski definition) is 1. The van der Waals surface area contributed by atoms with Crippen LogP contribution in [0.2, 0.25) is 0 Å². The minimum atomic E-state index is 0.00197. The van der Waals surface area contributed by atoms with E-state index in [2.05, 4.69) is 47.8 Å². The van der Waals surface area contributed by atoms with Crippen molar-refractivity contribution in [1.29, 1.82) is 0 Å². The lowest BCUT2D eigenvalue weighted by atomic mass is 9.65. The Bertz CT molecular complexity index is 798. The SMILES string of the molecule is CN1CCN(CC(=O)Nc2ccc(C(=O)N3CC4(C)CC3CC(C)(C)C4)cc2)CC1. The normalized spacial score (nSPS) is 29.1. The van der Waals surface area contributed by atoms with Gasteiger partial charge in [-0.2, -0.15) is 0 Å². The van der Waals surface area contributed by atoms with E-state index in [1.54, 1.807) is 0 Å². The van der Waals surface area contributed by atoms with Gasteiger partial charge in [0.25, 0.3) is 5.91 Å². The Labute approximate surface area is 180 Å². The van der Waals surface area contributed by atoms with Crippen molar-refractivity contribution in [2.75, 3.05) is 51.6 Å². The number of nitrogens with one attached hydrogen (secondary N) is 1. The van der Waals surface area contributed by atoms with Crippen molar-refractivity contribution < 1.29 is 9.59 Å². The molecule has 1 aromatic rings. The Morgan fingerprint density at radius 2 is 1.70 bits per heavy atom. The van der Waals surface area contributed by atoms with Crippen molar-refractivity contribution in [3.63, 3.8) is 0 Å². The number of benzene rings is 1. The van der Waals surface area contributed by atoms with Gasteiger partial charge in [-0.3, -0.25) is 14.5 Å². The standard InChI is InChI=1S/C24H36N4O2/c1-23(2)13-20-14-24(3,16-23)17-28(20)22(30)18-5-7-19(8-6-18)25-21(29)15-27-11-9-26(4)10-12-27/h5-8,20H,9-17H2,1-4H3,(H,25,29). The topological polar surface area (TPSA) is 55.9 Å². The van der Waals surface area contributed by atoms with Crippen LogP contribution in [0.4, 0.5) is 5.69 Å². The van der Waals surface area contributed by atoms with Gasteiger partial charge < -0.3 is 15.1 Å². The smallest absolute Gasteiger partial charge is 0.254 e. The first kappa shape index (κ1) is 21.3. The molecule has 2 bridgehead atoms. The first-order valence-corrected chi connectivity index (χ1v) is 11.2. The average Bonchev–Trinajstić information content (AvgIpc) is 2.92. The molecule has 164 valence electrons. The number of rotatable bonds is 4. The van der Waals surface area contributed by atoms with Crippen LogP contribution in [0.3, 0.4) is 0 Å². The second kappa shape index (κ2) is 7.97. The maximum atomic E-state index is 13.2. The summed E-state index contributed by atoms with van der Waals surface area (Å²) in [6.07, 6.45) is 3.37. The van der Waals surface area contributed by atoms with Crippen LogP contribution in [-0.4, -0.2) is 78.9 Å². The van der Waals surface area contributed by atoms with Gasteiger partial charge in [-0.15, -0.1) is 0 Å². The summed E-state index contributed by atoms with van der Waals surface area (Å²) in [5.41, 5.74) is 1.99. The third-order valence-corrected chi connectivity index (χ3v) is 7.05. The van der Waals surface area contributed by atoms with Gasteiger partial charge in [-0.05, 0) is 61.4 Å².